The predicted molar refractivity (Wildman–Crippen MR) is 93.8 cm³/mol. The second-order valence-electron chi connectivity index (χ2n) is 7.45. The van der Waals surface area contributed by atoms with Gasteiger partial charge in [-0.05, 0) is 37.2 Å². The summed E-state index contributed by atoms with van der Waals surface area (Å²) < 4.78 is 0. The van der Waals surface area contributed by atoms with Gasteiger partial charge in [0.2, 0.25) is 5.91 Å². The average molecular weight is 314 g/mol. The first kappa shape index (κ1) is 16.5. The first-order valence-corrected chi connectivity index (χ1v) is 9.28. The van der Waals surface area contributed by atoms with Crippen LogP contribution in [0.15, 0.2) is 30.3 Å². The van der Waals surface area contributed by atoms with Crippen molar-refractivity contribution >= 4 is 5.91 Å². The molecule has 3 nitrogen and oxygen atoms in total. The number of nitrogens with two attached hydrogens (primary N) is 1. The molecule has 126 valence electrons. The minimum Gasteiger partial charge on any atom is -0.339 e. The molecule has 0 heterocycles. The molecule has 3 rings (SSSR count). The van der Waals surface area contributed by atoms with E-state index in [4.69, 9.17) is 5.73 Å². The van der Waals surface area contributed by atoms with Crippen LogP contribution in [0.3, 0.4) is 0 Å². The quantitative estimate of drug-likeness (QED) is 0.865. The second kappa shape index (κ2) is 7.48. The van der Waals surface area contributed by atoms with E-state index in [1.165, 1.54) is 44.9 Å². The van der Waals surface area contributed by atoms with E-state index in [9.17, 15) is 4.79 Å². The molecular formula is C20H30N2O. The molecule has 0 aliphatic heterocycles. The monoisotopic (exact) mass is 314 g/mol. The van der Waals surface area contributed by atoms with Gasteiger partial charge in [0.25, 0.3) is 0 Å². The zero-order chi connectivity index (χ0) is 16.2. The van der Waals surface area contributed by atoms with Crippen molar-refractivity contribution in [2.45, 2.75) is 64.0 Å². The molecule has 2 aliphatic carbocycles. The third-order valence-electron chi connectivity index (χ3n) is 5.56. The largest absolute Gasteiger partial charge is 0.339 e. The van der Waals surface area contributed by atoms with Crippen LogP contribution in [0.4, 0.5) is 0 Å². The summed E-state index contributed by atoms with van der Waals surface area (Å²) in [5.74, 6) is 0.847. The third-order valence-corrected chi connectivity index (χ3v) is 5.56. The van der Waals surface area contributed by atoms with E-state index in [0.717, 1.165) is 18.0 Å². The summed E-state index contributed by atoms with van der Waals surface area (Å²) in [6, 6.07) is 10.3. The zero-order valence-corrected chi connectivity index (χ0v) is 14.3. The van der Waals surface area contributed by atoms with Crippen LogP contribution in [0.25, 0.3) is 0 Å². The highest BCUT2D eigenvalue weighted by molar-refractivity contribution is 5.80. The van der Waals surface area contributed by atoms with Crippen LogP contribution in [-0.2, 0) is 4.79 Å². The maximum absolute atomic E-state index is 13.2. The van der Waals surface area contributed by atoms with Crippen molar-refractivity contribution < 1.29 is 4.79 Å². The highest BCUT2D eigenvalue weighted by atomic mass is 16.2. The van der Waals surface area contributed by atoms with Crippen LogP contribution in [0, 0.1) is 11.8 Å². The van der Waals surface area contributed by atoms with Gasteiger partial charge in [-0.1, -0.05) is 56.5 Å². The lowest BCUT2D eigenvalue weighted by Gasteiger charge is -2.37. The van der Waals surface area contributed by atoms with Crippen molar-refractivity contribution in [2.24, 2.45) is 17.6 Å². The molecule has 3 heteroatoms. The summed E-state index contributed by atoms with van der Waals surface area (Å²) >= 11 is 0. The summed E-state index contributed by atoms with van der Waals surface area (Å²) in [5, 5.41) is 0. The zero-order valence-electron chi connectivity index (χ0n) is 14.3. The van der Waals surface area contributed by atoms with Crippen molar-refractivity contribution in [3.05, 3.63) is 35.9 Å². The van der Waals surface area contributed by atoms with Crippen LogP contribution in [0.1, 0.15) is 63.5 Å². The summed E-state index contributed by atoms with van der Waals surface area (Å²) in [7, 11) is 0. The fraction of sp³-hybridized carbons (Fsp3) is 0.650. The summed E-state index contributed by atoms with van der Waals surface area (Å²) in [6.45, 7) is 2.96. The highest BCUT2D eigenvalue weighted by Crippen LogP contribution is 2.34. The molecule has 0 aromatic heterocycles. The summed E-state index contributed by atoms with van der Waals surface area (Å²) in [5.41, 5.74) is 7.46. The molecule has 1 aromatic rings. The Balaban J connectivity index is 1.70. The van der Waals surface area contributed by atoms with Gasteiger partial charge in [0.05, 0.1) is 5.92 Å². The van der Waals surface area contributed by atoms with Gasteiger partial charge in [-0.3, -0.25) is 4.79 Å². The van der Waals surface area contributed by atoms with Crippen molar-refractivity contribution in [2.75, 3.05) is 6.54 Å². The van der Waals surface area contributed by atoms with Crippen molar-refractivity contribution in [1.29, 1.82) is 0 Å². The Morgan fingerprint density at radius 2 is 1.78 bits per heavy atom. The number of nitrogens with zero attached hydrogens (tertiary/aromatic N) is 1. The Labute approximate surface area is 140 Å². The molecule has 2 N–H and O–H groups in total. The number of rotatable bonds is 6. The number of carbonyl (C=O) groups excluding carboxylic acids is 1. The van der Waals surface area contributed by atoms with Gasteiger partial charge >= 0.3 is 0 Å². The van der Waals surface area contributed by atoms with Gasteiger partial charge < -0.3 is 10.6 Å². The van der Waals surface area contributed by atoms with Gasteiger partial charge in [0, 0.05) is 18.6 Å². The molecule has 2 unspecified atom stereocenters. The topological polar surface area (TPSA) is 46.3 Å². The molecule has 0 spiro atoms. The molecule has 1 aromatic carbocycles. The molecule has 1 amide bonds. The van der Waals surface area contributed by atoms with Crippen molar-refractivity contribution in [3.8, 4) is 0 Å². The lowest BCUT2D eigenvalue weighted by molar-refractivity contribution is -0.139. The van der Waals surface area contributed by atoms with E-state index in [1.54, 1.807) is 0 Å². The Morgan fingerprint density at radius 3 is 2.39 bits per heavy atom. The number of hydrogen-bond donors (Lipinski definition) is 1. The van der Waals surface area contributed by atoms with E-state index >= 15 is 0 Å². The van der Waals surface area contributed by atoms with Crippen LogP contribution in [0.2, 0.25) is 0 Å². The fourth-order valence-electron chi connectivity index (χ4n) is 3.77. The first-order chi connectivity index (χ1) is 11.2. The van der Waals surface area contributed by atoms with Crippen LogP contribution in [0.5, 0.6) is 0 Å². The van der Waals surface area contributed by atoms with Crippen molar-refractivity contribution in [3.63, 3.8) is 0 Å². The fourth-order valence-corrected chi connectivity index (χ4v) is 3.77. The average Bonchev–Trinajstić information content (AvgIpc) is 3.43. The maximum Gasteiger partial charge on any atom is 0.227 e. The molecular weight excluding hydrogens is 284 g/mol. The SMILES string of the molecule is CC(C(=O)N(CC1CC1)C1CCCCC1)C(N)c1ccccc1. The number of benzene rings is 1. The van der Waals surface area contributed by atoms with Crippen molar-refractivity contribution in [1.82, 2.24) is 4.90 Å². The molecule has 2 aliphatic rings. The van der Waals surface area contributed by atoms with E-state index in [-0.39, 0.29) is 17.9 Å². The maximum atomic E-state index is 13.2. The second-order valence-corrected chi connectivity index (χ2v) is 7.45. The number of carbonyl (C=O) groups is 1. The van der Waals surface area contributed by atoms with Gasteiger partial charge in [-0.15, -0.1) is 0 Å². The number of hydrogen-bond acceptors (Lipinski definition) is 2. The van der Waals surface area contributed by atoms with Crippen LogP contribution >= 0.6 is 0 Å². The number of amides is 1. The Hall–Kier alpha value is -1.35. The lowest BCUT2D eigenvalue weighted by atomic mass is 9.90. The van der Waals surface area contributed by atoms with Crippen LogP contribution < -0.4 is 5.73 Å². The smallest absolute Gasteiger partial charge is 0.227 e. The van der Waals surface area contributed by atoms with E-state index in [1.807, 2.05) is 37.3 Å². The molecule has 2 atom stereocenters. The molecule has 0 bridgehead atoms. The Kier molecular flexibility index (Phi) is 5.37. The Morgan fingerprint density at radius 1 is 1.13 bits per heavy atom. The standard InChI is InChI=1S/C20H30N2O/c1-15(19(21)17-8-4-2-5-9-17)20(23)22(14-16-12-13-16)18-10-6-3-7-11-18/h2,4-5,8-9,15-16,18-19H,3,6-7,10-14,21H2,1H3. The minimum absolute atomic E-state index is 0.155. The summed E-state index contributed by atoms with van der Waals surface area (Å²) in [6.07, 6.45) is 8.76. The van der Waals surface area contributed by atoms with E-state index in [0.29, 0.717) is 6.04 Å². The van der Waals surface area contributed by atoms with Crippen LogP contribution in [-0.4, -0.2) is 23.4 Å². The third kappa shape index (κ3) is 4.14. The first-order valence-electron chi connectivity index (χ1n) is 9.28. The van der Waals surface area contributed by atoms with Gasteiger partial charge in [-0.25, -0.2) is 0 Å². The Bertz CT molecular complexity index is 506. The molecule has 0 radical (unpaired) electrons. The van der Waals surface area contributed by atoms with E-state index < -0.39 is 0 Å². The van der Waals surface area contributed by atoms with Gasteiger partial charge in [0.15, 0.2) is 0 Å². The molecule has 23 heavy (non-hydrogen) atoms. The molecule has 2 fully saturated rings. The minimum atomic E-state index is -0.214. The molecule has 2 saturated carbocycles. The summed E-state index contributed by atoms with van der Waals surface area (Å²) in [4.78, 5) is 15.4. The molecule has 0 saturated heterocycles. The van der Waals surface area contributed by atoms with E-state index in [2.05, 4.69) is 4.90 Å². The normalized spacial score (nSPS) is 21.7. The lowest BCUT2D eigenvalue weighted by Crippen LogP contribution is -2.47. The van der Waals surface area contributed by atoms with Gasteiger partial charge in [0.1, 0.15) is 0 Å². The van der Waals surface area contributed by atoms with Gasteiger partial charge in [-0.2, -0.15) is 0 Å². The predicted octanol–water partition coefficient (Wildman–Crippen LogP) is 3.89. The highest BCUT2D eigenvalue weighted by Gasteiger charge is 2.35.